The fourth-order valence-corrected chi connectivity index (χ4v) is 3.69. The average molecular weight is 432 g/mol. The normalized spacial score (nSPS) is 13.7. The highest BCUT2D eigenvalue weighted by atomic mass is 35.5. The van der Waals surface area contributed by atoms with Crippen molar-refractivity contribution in [3.8, 4) is 0 Å². The summed E-state index contributed by atoms with van der Waals surface area (Å²) < 4.78 is 5.02. The Balaban J connectivity index is 1.53. The largest absolute Gasteiger partial charge is 0.462 e. The maximum Gasteiger partial charge on any atom is 0.339 e. The SMILES string of the molecule is CCOC(=O)c1cc(NC(=S)NCc2ccc(N3CCCCC3)cc2)ccc1Cl. The third kappa shape index (κ3) is 6.08. The van der Waals surface area contributed by atoms with Gasteiger partial charge in [-0.2, -0.15) is 0 Å². The molecule has 0 atom stereocenters. The van der Waals surface area contributed by atoms with Crippen LogP contribution in [0.15, 0.2) is 42.5 Å². The molecule has 0 saturated carbocycles. The topological polar surface area (TPSA) is 53.6 Å². The van der Waals surface area contributed by atoms with Gasteiger partial charge in [-0.15, -0.1) is 0 Å². The van der Waals surface area contributed by atoms with E-state index in [1.54, 1.807) is 25.1 Å². The lowest BCUT2D eigenvalue weighted by Crippen LogP contribution is -2.29. The van der Waals surface area contributed by atoms with Gasteiger partial charge in [-0.25, -0.2) is 4.79 Å². The predicted octanol–water partition coefficient (Wildman–Crippen LogP) is 4.99. The van der Waals surface area contributed by atoms with Crippen molar-refractivity contribution in [3.63, 3.8) is 0 Å². The van der Waals surface area contributed by atoms with Gasteiger partial charge in [-0.1, -0.05) is 23.7 Å². The first kappa shape index (κ1) is 21.4. The molecule has 1 heterocycles. The van der Waals surface area contributed by atoms with Gasteiger partial charge in [0.05, 0.1) is 17.2 Å². The number of ether oxygens (including phenoxy) is 1. The zero-order chi connectivity index (χ0) is 20.6. The number of esters is 1. The van der Waals surface area contributed by atoms with Crippen LogP contribution in [0.3, 0.4) is 0 Å². The summed E-state index contributed by atoms with van der Waals surface area (Å²) in [5.41, 5.74) is 3.42. The van der Waals surface area contributed by atoms with E-state index < -0.39 is 5.97 Å². The summed E-state index contributed by atoms with van der Waals surface area (Å²) in [7, 11) is 0. The Labute approximate surface area is 182 Å². The lowest BCUT2D eigenvalue weighted by atomic mass is 10.1. The second kappa shape index (κ2) is 10.5. The number of carbonyl (C=O) groups excluding carboxylic acids is 1. The van der Waals surface area contributed by atoms with E-state index in [-0.39, 0.29) is 0 Å². The van der Waals surface area contributed by atoms with Crippen molar-refractivity contribution in [3.05, 3.63) is 58.6 Å². The van der Waals surface area contributed by atoms with Gasteiger partial charge in [0.2, 0.25) is 0 Å². The van der Waals surface area contributed by atoms with E-state index in [9.17, 15) is 4.79 Å². The third-order valence-corrected chi connectivity index (χ3v) is 5.41. The van der Waals surface area contributed by atoms with Crippen LogP contribution in [0.4, 0.5) is 11.4 Å². The molecule has 0 aliphatic carbocycles. The summed E-state index contributed by atoms with van der Waals surface area (Å²) in [6.07, 6.45) is 3.87. The summed E-state index contributed by atoms with van der Waals surface area (Å²) in [6.45, 7) is 4.95. The Morgan fingerprint density at radius 2 is 1.86 bits per heavy atom. The van der Waals surface area contributed by atoms with Crippen LogP contribution in [-0.4, -0.2) is 30.8 Å². The number of benzene rings is 2. The van der Waals surface area contributed by atoms with Crippen molar-refractivity contribution in [2.45, 2.75) is 32.7 Å². The number of halogens is 1. The van der Waals surface area contributed by atoms with Gasteiger partial charge < -0.3 is 20.3 Å². The van der Waals surface area contributed by atoms with Crippen molar-refractivity contribution >= 4 is 46.3 Å². The van der Waals surface area contributed by atoms with Crippen LogP contribution in [0.2, 0.25) is 5.02 Å². The van der Waals surface area contributed by atoms with E-state index in [2.05, 4.69) is 39.8 Å². The smallest absolute Gasteiger partial charge is 0.339 e. The van der Waals surface area contributed by atoms with E-state index in [1.165, 1.54) is 24.9 Å². The number of nitrogens with zero attached hydrogens (tertiary/aromatic N) is 1. The molecule has 0 spiro atoms. The van der Waals surface area contributed by atoms with Crippen LogP contribution in [0.5, 0.6) is 0 Å². The number of nitrogens with one attached hydrogen (secondary N) is 2. The number of rotatable bonds is 6. The Hall–Kier alpha value is -2.31. The molecule has 7 heteroatoms. The molecule has 1 aliphatic rings. The van der Waals surface area contributed by atoms with Gasteiger partial charge in [-0.05, 0) is 74.3 Å². The second-order valence-electron chi connectivity index (χ2n) is 6.94. The number of thiocarbonyl (C=S) groups is 1. The minimum Gasteiger partial charge on any atom is -0.462 e. The van der Waals surface area contributed by atoms with Gasteiger partial charge >= 0.3 is 5.97 Å². The van der Waals surface area contributed by atoms with E-state index in [1.807, 2.05) is 0 Å². The standard InChI is InChI=1S/C22H26ClN3O2S/c1-2-28-21(27)19-14-17(8-11-20(19)23)25-22(29)24-15-16-6-9-18(10-7-16)26-12-4-3-5-13-26/h6-11,14H,2-5,12-13,15H2,1H3,(H2,24,25,29). The fourth-order valence-electron chi connectivity index (χ4n) is 3.30. The first-order chi connectivity index (χ1) is 14.1. The van der Waals surface area contributed by atoms with E-state index in [4.69, 9.17) is 28.6 Å². The second-order valence-corrected chi connectivity index (χ2v) is 7.75. The van der Waals surface area contributed by atoms with Crippen LogP contribution in [0.25, 0.3) is 0 Å². The van der Waals surface area contributed by atoms with Gasteiger partial charge in [0, 0.05) is 31.0 Å². The van der Waals surface area contributed by atoms with Crippen LogP contribution >= 0.6 is 23.8 Å². The van der Waals surface area contributed by atoms with Gasteiger partial charge in [0.15, 0.2) is 5.11 Å². The van der Waals surface area contributed by atoms with Gasteiger partial charge in [0.25, 0.3) is 0 Å². The van der Waals surface area contributed by atoms with Gasteiger partial charge in [-0.3, -0.25) is 0 Å². The number of piperidine rings is 1. The maximum atomic E-state index is 12.0. The summed E-state index contributed by atoms with van der Waals surface area (Å²) >= 11 is 11.5. The number of carbonyl (C=O) groups is 1. The first-order valence-corrected chi connectivity index (χ1v) is 10.7. The molecule has 0 bridgehead atoms. The monoisotopic (exact) mass is 431 g/mol. The summed E-state index contributed by atoms with van der Waals surface area (Å²) in [4.78, 5) is 14.4. The molecule has 2 aromatic rings. The lowest BCUT2D eigenvalue weighted by Gasteiger charge is -2.28. The van der Waals surface area contributed by atoms with E-state index in [0.29, 0.717) is 34.5 Å². The molecular weight excluding hydrogens is 406 g/mol. The van der Waals surface area contributed by atoms with Gasteiger partial charge in [0.1, 0.15) is 0 Å². The molecule has 2 aromatic carbocycles. The van der Waals surface area contributed by atoms with Crippen molar-refractivity contribution in [1.29, 1.82) is 0 Å². The molecule has 1 fully saturated rings. The van der Waals surface area contributed by atoms with Crippen LogP contribution in [0.1, 0.15) is 42.1 Å². The summed E-state index contributed by atoms with van der Waals surface area (Å²) in [6, 6.07) is 13.7. The molecule has 5 nitrogen and oxygen atoms in total. The lowest BCUT2D eigenvalue weighted by molar-refractivity contribution is 0.0526. The Bertz CT molecular complexity index is 852. The van der Waals surface area contributed by atoms with E-state index in [0.717, 1.165) is 18.7 Å². The fraction of sp³-hybridized carbons (Fsp3) is 0.364. The minimum atomic E-state index is -0.450. The molecular formula is C22H26ClN3O2S. The average Bonchev–Trinajstić information content (AvgIpc) is 2.75. The molecule has 1 aliphatic heterocycles. The quantitative estimate of drug-likeness (QED) is 0.496. The molecule has 154 valence electrons. The van der Waals surface area contributed by atoms with Crippen molar-refractivity contribution in [2.24, 2.45) is 0 Å². The molecule has 1 saturated heterocycles. The Kier molecular flexibility index (Phi) is 7.72. The number of anilines is 2. The summed E-state index contributed by atoms with van der Waals surface area (Å²) in [5.74, 6) is -0.450. The zero-order valence-electron chi connectivity index (χ0n) is 16.5. The maximum absolute atomic E-state index is 12.0. The van der Waals surface area contributed by atoms with Crippen LogP contribution in [0, 0.1) is 0 Å². The highest BCUT2D eigenvalue weighted by molar-refractivity contribution is 7.80. The van der Waals surface area contributed by atoms with Crippen molar-refractivity contribution in [1.82, 2.24) is 5.32 Å². The van der Waals surface area contributed by atoms with Crippen LogP contribution in [-0.2, 0) is 11.3 Å². The number of hydrogen-bond acceptors (Lipinski definition) is 4. The van der Waals surface area contributed by atoms with Crippen molar-refractivity contribution in [2.75, 3.05) is 29.9 Å². The zero-order valence-corrected chi connectivity index (χ0v) is 18.1. The molecule has 0 amide bonds. The Morgan fingerprint density at radius 1 is 1.14 bits per heavy atom. The van der Waals surface area contributed by atoms with Crippen molar-refractivity contribution < 1.29 is 9.53 Å². The number of hydrogen-bond donors (Lipinski definition) is 2. The van der Waals surface area contributed by atoms with Crippen LogP contribution < -0.4 is 15.5 Å². The molecule has 29 heavy (non-hydrogen) atoms. The Morgan fingerprint density at radius 3 is 2.55 bits per heavy atom. The molecule has 2 N–H and O–H groups in total. The third-order valence-electron chi connectivity index (χ3n) is 4.83. The minimum absolute atomic E-state index is 0.295. The highest BCUT2D eigenvalue weighted by Crippen LogP contribution is 2.22. The molecule has 0 aromatic heterocycles. The van der Waals surface area contributed by atoms with E-state index >= 15 is 0 Å². The molecule has 0 unspecified atom stereocenters. The highest BCUT2D eigenvalue weighted by Gasteiger charge is 2.13. The summed E-state index contributed by atoms with van der Waals surface area (Å²) in [5, 5.41) is 7.10. The first-order valence-electron chi connectivity index (χ1n) is 9.92. The molecule has 3 rings (SSSR count). The predicted molar refractivity (Wildman–Crippen MR) is 123 cm³/mol. The molecule has 0 radical (unpaired) electrons.